The molecule has 2 heterocycles. The summed E-state index contributed by atoms with van der Waals surface area (Å²) in [6.45, 7) is 0.844. The van der Waals surface area contributed by atoms with Crippen LogP contribution in [0.25, 0.3) is 32.7 Å². The first kappa shape index (κ1) is 13.7. The molecule has 0 saturated carbocycles. The first-order valence-electron chi connectivity index (χ1n) is 8.03. The van der Waals surface area contributed by atoms with Crippen molar-refractivity contribution in [3.63, 3.8) is 0 Å². The molecular formula is C21H15ClN2. The van der Waals surface area contributed by atoms with Gasteiger partial charge in [-0.3, -0.25) is 0 Å². The number of benzene rings is 3. The molecule has 5 rings (SSSR count). The third kappa shape index (κ3) is 1.97. The number of fused-ring (bicyclic) bond motifs is 5. The topological polar surface area (TPSA) is 20.7 Å². The Balaban J connectivity index is 1.84. The second-order valence-electron chi connectivity index (χ2n) is 6.15. The molecule has 1 N–H and O–H groups in total. The number of halogens is 1. The molecule has 0 atom stereocenters. The van der Waals surface area contributed by atoms with E-state index >= 15 is 0 Å². The molecule has 0 aliphatic rings. The van der Waals surface area contributed by atoms with Crippen molar-refractivity contribution in [3.05, 3.63) is 83.5 Å². The van der Waals surface area contributed by atoms with Crippen molar-refractivity contribution in [2.75, 3.05) is 0 Å². The quantitative estimate of drug-likeness (QED) is 0.411. The van der Waals surface area contributed by atoms with Crippen LogP contribution in [0.1, 0.15) is 5.56 Å². The lowest BCUT2D eigenvalue weighted by Gasteiger charge is -2.07. The maximum Gasteiger partial charge on any atom is 0.0730 e. The Labute approximate surface area is 144 Å². The zero-order valence-corrected chi connectivity index (χ0v) is 13.7. The fourth-order valence-corrected chi connectivity index (χ4v) is 3.90. The summed E-state index contributed by atoms with van der Waals surface area (Å²) in [4.78, 5) is 3.57. The summed E-state index contributed by atoms with van der Waals surface area (Å²) in [7, 11) is 0. The van der Waals surface area contributed by atoms with Crippen molar-refractivity contribution in [2.24, 2.45) is 0 Å². The molecule has 0 unspecified atom stereocenters. The summed E-state index contributed by atoms with van der Waals surface area (Å²) >= 11 is 6.60. The maximum absolute atomic E-state index is 6.60. The Morgan fingerprint density at radius 3 is 2.58 bits per heavy atom. The lowest BCUT2D eigenvalue weighted by molar-refractivity contribution is 0.839. The Morgan fingerprint density at radius 1 is 0.917 bits per heavy atom. The highest BCUT2D eigenvalue weighted by Gasteiger charge is 2.14. The molecule has 3 aromatic carbocycles. The third-order valence-electron chi connectivity index (χ3n) is 4.65. The van der Waals surface area contributed by atoms with Crippen LogP contribution in [0, 0.1) is 0 Å². The number of hydrogen-bond acceptors (Lipinski definition) is 0. The number of nitrogens with zero attached hydrogens (tertiary/aromatic N) is 1. The van der Waals surface area contributed by atoms with Gasteiger partial charge in [0.1, 0.15) is 0 Å². The summed E-state index contributed by atoms with van der Waals surface area (Å²) in [5.74, 6) is 0. The number of nitrogens with one attached hydrogen (secondary N) is 1. The van der Waals surface area contributed by atoms with Gasteiger partial charge in [-0.25, -0.2) is 0 Å². The smallest absolute Gasteiger partial charge is 0.0730 e. The lowest BCUT2D eigenvalue weighted by Crippen LogP contribution is -1.98. The minimum Gasteiger partial charge on any atom is -0.353 e. The van der Waals surface area contributed by atoms with Crippen molar-refractivity contribution in [2.45, 2.75) is 6.54 Å². The molecule has 0 radical (unpaired) electrons. The summed E-state index contributed by atoms with van der Waals surface area (Å²) in [6.07, 6.45) is 2.14. The highest BCUT2D eigenvalue weighted by atomic mass is 35.5. The van der Waals surface area contributed by atoms with E-state index in [4.69, 9.17) is 11.6 Å². The minimum absolute atomic E-state index is 0.799. The van der Waals surface area contributed by atoms with Crippen LogP contribution >= 0.6 is 11.6 Å². The van der Waals surface area contributed by atoms with Crippen LogP contribution in [0.2, 0.25) is 5.02 Å². The van der Waals surface area contributed by atoms with E-state index in [1.54, 1.807) is 0 Å². The predicted octanol–water partition coefficient (Wildman–Crippen LogP) is 5.98. The van der Waals surface area contributed by atoms with Crippen LogP contribution in [0.5, 0.6) is 0 Å². The second kappa shape index (κ2) is 5.15. The molecule has 2 nitrogen and oxygen atoms in total. The molecule has 0 bridgehead atoms. The average Bonchev–Trinajstić information content (AvgIpc) is 3.17. The number of H-pyrrole nitrogens is 1. The average molecular weight is 331 g/mol. The third-order valence-corrected chi connectivity index (χ3v) is 4.95. The number of rotatable bonds is 2. The Bertz CT molecular complexity index is 1180. The summed E-state index contributed by atoms with van der Waals surface area (Å²) in [6, 6.07) is 23.0. The van der Waals surface area contributed by atoms with E-state index in [9.17, 15) is 0 Å². The Hall–Kier alpha value is -2.71. The minimum atomic E-state index is 0.799. The van der Waals surface area contributed by atoms with Gasteiger partial charge in [0.2, 0.25) is 0 Å². The molecule has 0 aliphatic heterocycles. The van der Waals surface area contributed by atoms with Crippen LogP contribution in [-0.2, 0) is 6.54 Å². The molecule has 2 aromatic heterocycles. The maximum atomic E-state index is 6.60. The van der Waals surface area contributed by atoms with E-state index < -0.39 is 0 Å². The van der Waals surface area contributed by atoms with Crippen LogP contribution in [0.4, 0.5) is 0 Å². The fraction of sp³-hybridized carbons (Fsp3) is 0.0476. The van der Waals surface area contributed by atoms with E-state index in [2.05, 4.69) is 70.3 Å². The van der Waals surface area contributed by atoms with Gasteiger partial charge in [-0.2, -0.15) is 0 Å². The van der Waals surface area contributed by atoms with Gasteiger partial charge in [-0.05, 0) is 23.8 Å². The van der Waals surface area contributed by atoms with Gasteiger partial charge in [0.15, 0.2) is 0 Å². The second-order valence-corrected chi connectivity index (χ2v) is 6.55. The predicted molar refractivity (Wildman–Crippen MR) is 102 cm³/mol. The van der Waals surface area contributed by atoms with E-state index in [0.717, 1.165) is 33.4 Å². The molecule has 0 fully saturated rings. The first-order valence-corrected chi connectivity index (χ1v) is 8.41. The monoisotopic (exact) mass is 330 g/mol. The Morgan fingerprint density at radius 2 is 1.71 bits per heavy atom. The van der Waals surface area contributed by atoms with Crippen molar-refractivity contribution in [1.82, 2.24) is 9.55 Å². The molecule has 0 spiro atoms. The summed E-state index contributed by atoms with van der Waals surface area (Å²) in [5.41, 5.74) is 4.72. The van der Waals surface area contributed by atoms with Crippen LogP contribution in [0.3, 0.4) is 0 Å². The van der Waals surface area contributed by atoms with Gasteiger partial charge in [0.05, 0.1) is 16.1 Å². The standard InChI is InChI=1S/C21H15ClN2/c22-17-12-15-10-11-24(13-14-6-2-1-3-7-14)21(15)20-19(17)16-8-4-5-9-18(16)23-20/h1-12,23H,13H2. The number of aromatic nitrogens is 2. The summed E-state index contributed by atoms with van der Waals surface area (Å²) < 4.78 is 2.29. The van der Waals surface area contributed by atoms with Crippen LogP contribution in [0.15, 0.2) is 72.9 Å². The molecule has 0 aliphatic carbocycles. The highest BCUT2D eigenvalue weighted by molar-refractivity contribution is 6.40. The van der Waals surface area contributed by atoms with Crippen molar-refractivity contribution in [1.29, 1.82) is 0 Å². The molecular weight excluding hydrogens is 316 g/mol. The largest absolute Gasteiger partial charge is 0.353 e. The Kier molecular flexibility index (Phi) is 2.94. The lowest BCUT2D eigenvalue weighted by atomic mass is 10.1. The molecule has 0 saturated heterocycles. The molecule has 0 amide bonds. The molecule has 116 valence electrons. The van der Waals surface area contributed by atoms with E-state index in [0.29, 0.717) is 0 Å². The number of aromatic amines is 1. The van der Waals surface area contributed by atoms with Gasteiger partial charge >= 0.3 is 0 Å². The van der Waals surface area contributed by atoms with Crippen molar-refractivity contribution < 1.29 is 0 Å². The molecule has 24 heavy (non-hydrogen) atoms. The zero-order valence-electron chi connectivity index (χ0n) is 13.0. The summed E-state index contributed by atoms with van der Waals surface area (Å²) in [5, 5.41) is 4.24. The normalized spacial score (nSPS) is 11.7. The van der Waals surface area contributed by atoms with Gasteiger partial charge < -0.3 is 9.55 Å². The van der Waals surface area contributed by atoms with Gasteiger partial charge in [-0.1, -0.05) is 60.1 Å². The number of hydrogen-bond donors (Lipinski definition) is 1. The molecule has 5 aromatic rings. The van der Waals surface area contributed by atoms with E-state index in [-0.39, 0.29) is 0 Å². The van der Waals surface area contributed by atoms with Gasteiger partial charge in [-0.15, -0.1) is 0 Å². The number of para-hydroxylation sites is 1. The van der Waals surface area contributed by atoms with E-state index in [1.165, 1.54) is 16.5 Å². The zero-order chi connectivity index (χ0) is 16.1. The van der Waals surface area contributed by atoms with Crippen LogP contribution in [-0.4, -0.2) is 9.55 Å². The van der Waals surface area contributed by atoms with Crippen molar-refractivity contribution in [3.8, 4) is 0 Å². The van der Waals surface area contributed by atoms with Crippen LogP contribution < -0.4 is 0 Å². The fourth-order valence-electron chi connectivity index (χ4n) is 3.58. The first-order chi connectivity index (χ1) is 11.8. The van der Waals surface area contributed by atoms with E-state index in [1.807, 2.05) is 12.1 Å². The SMILES string of the molecule is Clc1cc2ccn(Cc3ccccc3)c2c2[nH]c3ccccc3c12. The van der Waals surface area contributed by atoms with Gasteiger partial charge in [0, 0.05) is 34.4 Å². The van der Waals surface area contributed by atoms with Crippen molar-refractivity contribution >= 4 is 44.3 Å². The van der Waals surface area contributed by atoms with Gasteiger partial charge in [0.25, 0.3) is 0 Å². The highest BCUT2D eigenvalue weighted by Crippen LogP contribution is 2.37. The molecule has 3 heteroatoms.